The average molecular weight is 621 g/mol. The SMILES string of the molecule is O=S(=O)(Nc1ccc(Cl)c(C[C@@H]2COc3ccc(OCc4nc5cc(F)c(F)cc5s4)cc3[C@@H]2O)c1)C(F)(F)F. The molecule has 0 saturated carbocycles. The highest BCUT2D eigenvalue weighted by Crippen LogP contribution is 2.40. The molecule has 0 spiro atoms. The van der Waals surface area contributed by atoms with E-state index >= 15 is 0 Å². The molecule has 0 amide bonds. The summed E-state index contributed by atoms with van der Waals surface area (Å²) in [4.78, 5) is 4.24. The first-order chi connectivity index (χ1) is 18.8. The molecule has 0 radical (unpaired) electrons. The van der Waals surface area contributed by atoms with Crippen molar-refractivity contribution in [1.82, 2.24) is 4.98 Å². The molecular formula is C25H18ClF5N2O5S2. The number of alkyl halides is 3. The van der Waals surface area contributed by atoms with E-state index in [0.29, 0.717) is 37.9 Å². The van der Waals surface area contributed by atoms with Crippen molar-refractivity contribution < 1.29 is 45.0 Å². The fourth-order valence-electron chi connectivity index (χ4n) is 4.16. The fourth-order valence-corrected chi connectivity index (χ4v) is 5.79. The third-order valence-corrected chi connectivity index (χ3v) is 8.60. The molecule has 1 aliphatic rings. The van der Waals surface area contributed by atoms with Crippen LogP contribution in [0.2, 0.25) is 5.02 Å². The quantitative estimate of drug-likeness (QED) is 0.234. The van der Waals surface area contributed by atoms with E-state index in [0.717, 1.165) is 29.5 Å². The van der Waals surface area contributed by atoms with E-state index in [1.54, 1.807) is 18.2 Å². The number of benzene rings is 3. The Labute approximate surface area is 233 Å². The number of hydrogen-bond donors (Lipinski definition) is 2. The van der Waals surface area contributed by atoms with Crippen LogP contribution >= 0.6 is 22.9 Å². The molecule has 0 fully saturated rings. The number of nitrogens with one attached hydrogen (secondary N) is 1. The second-order valence-electron chi connectivity index (χ2n) is 8.91. The Morgan fingerprint density at radius 3 is 2.62 bits per heavy atom. The maximum absolute atomic E-state index is 13.5. The van der Waals surface area contributed by atoms with Crippen LogP contribution in [0, 0.1) is 17.6 Å². The smallest absolute Gasteiger partial charge is 0.493 e. The Morgan fingerprint density at radius 1 is 1.12 bits per heavy atom. The van der Waals surface area contributed by atoms with E-state index in [9.17, 15) is 35.5 Å². The van der Waals surface area contributed by atoms with Crippen molar-refractivity contribution in [2.75, 3.05) is 11.3 Å². The van der Waals surface area contributed by atoms with Gasteiger partial charge >= 0.3 is 15.5 Å². The molecule has 0 bridgehead atoms. The highest BCUT2D eigenvalue weighted by molar-refractivity contribution is 7.93. The maximum Gasteiger partial charge on any atom is 0.516 e. The van der Waals surface area contributed by atoms with E-state index in [4.69, 9.17) is 21.1 Å². The standard InChI is InChI=1S/C25H18ClF5N2O5S2/c26-17-3-1-14(33-40(35,36)25(29,30)31)6-12(17)5-13-10-38-21-4-2-15(7-16(21)24(13)34)37-11-23-32-20-8-18(27)19(28)9-22(20)39-23/h1-4,6-9,13,24,33-34H,5,10-11H2/t13-,24-/m1/s1. The lowest BCUT2D eigenvalue weighted by atomic mass is 9.88. The fraction of sp³-hybridized carbons (Fsp3) is 0.240. The van der Waals surface area contributed by atoms with Crippen LogP contribution in [0.4, 0.5) is 27.6 Å². The number of thiazole rings is 1. The van der Waals surface area contributed by atoms with Gasteiger partial charge < -0.3 is 14.6 Å². The van der Waals surface area contributed by atoms with Gasteiger partial charge in [0.25, 0.3) is 0 Å². The zero-order chi connectivity index (χ0) is 28.8. The number of fused-ring (bicyclic) bond motifs is 2. The Morgan fingerprint density at radius 2 is 1.88 bits per heavy atom. The van der Waals surface area contributed by atoms with Gasteiger partial charge in [-0.25, -0.2) is 13.8 Å². The third kappa shape index (κ3) is 5.80. The first-order valence-electron chi connectivity index (χ1n) is 11.5. The van der Waals surface area contributed by atoms with Gasteiger partial charge in [0.05, 0.1) is 22.9 Å². The summed E-state index contributed by atoms with van der Waals surface area (Å²) in [5.41, 5.74) is -4.83. The molecule has 4 aromatic rings. The Hall–Kier alpha value is -3.20. The van der Waals surface area contributed by atoms with E-state index in [1.165, 1.54) is 16.9 Å². The van der Waals surface area contributed by atoms with Crippen LogP contribution in [0.3, 0.4) is 0 Å². The number of sulfonamides is 1. The Kier molecular flexibility index (Phi) is 7.54. The van der Waals surface area contributed by atoms with Gasteiger partial charge in [-0.2, -0.15) is 21.6 Å². The summed E-state index contributed by atoms with van der Waals surface area (Å²) in [6.45, 7) is 0.0556. The number of nitrogens with zero attached hydrogens (tertiary/aromatic N) is 1. The van der Waals surface area contributed by atoms with Crippen LogP contribution in [-0.2, 0) is 23.1 Å². The van der Waals surface area contributed by atoms with Crippen LogP contribution < -0.4 is 14.2 Å². The number of anilines is 1. The molecular weight excluding hydrogens is 603 g/mol. The summed E-state index contributed by atoms with van der Waals surface area (Å²) in [5.74, 6) is -1.79. The number of aliphatic hydroxyl groups excluding tert-OH is 1. The molecule has 0 aliphatic carbocycles. The number of hydrogen-bond acceptors (Lipinski definition) is 7. The van der Waals surface area contributed by atoms with Crippen molar-refractivity contribution in [2.45, 2.75) is 24.6 Å². The summed E-state index contributed by atoms with van der Waals surface area (Å²) >= 11 is 7.35. The minimum atomic E-state index is -5.62. The molecule has 212 valence electrons. The number of rotatable bonds is 7. The van der Waals surface area contributed by atoms with Crippen molar-refractivity contribution in [3.8, 4) is 11.5 Å². The lowest BCUT2D eigenvalue weighted by Gasteiger charge is -2.31. The molecule has 1 aliphatic heterocycles. The highest BCUT2D eigenvalue weighted by atomic mass is 35.5. The molecule has 0 unspecified atom stereocenters. The number of aliphatic hydroxyl groups is 1. The van der Waals surface area contributed by atoms with Crippen LogP contribution in [0.15, 0.2) is 48.5 Å². The van der Waals surface area contributed by atoms with Crippen molar-refractivity contribution in [2.24, 2.45) is 5.92 Å². The number of aromatic nitrogens is 1. The van der Waals surface area contributed by atoms with Crippen molar-refractivity contribution in [1.29, 1.82) is 0 Å². The van der Waals surface area contributed by atoms with Gasteiger partial charge in [-0.15, -0.1) is 11.3 Å². The van der Waals surface area contributed by atoms with Crippen LogP contribution in [0.25, 0.3) is 10.2 Å². The second-order valence-corrected chi connectivity index (χ2v) is 12.1. The van der Waals surface area contributed by atoms with Gasteiger partial charge in [-0.3, -0.25) is 4.72 Å². The lowest BCUT2D eigenvalue weighted by molar-refractivity contribution is -0.0429. The first-order valence-corrected chi connectivity index (χ1v) is 14.2. The molecule has 3 aromatic carbocycles. The van der Waals surface area contributed by atoms with Gasteiger partial charge in [0.1, 0.15) is 23.1 Å². The molecule has 1 aromatic heterocycles. The van der Waals surface area contributed by atoms with Gasteiger partial charge in [0, 0.05) is 28.3 Å². The molecule has 7 nitrogen and oxygen atoms in total. The molecule has 2 heterocycles. The van der Waals surface area contributed by atoms with Crippen LogP contribution in [0.1, 0.15) is 22.2 Å². The molecule has 15 heteroatoms. The van der Waals surface area contributed by atoms with E-state index in [2.05, 4.69) is 4.98 Å². The van der Waals surface area contributed by atoms with Crippen molar-refractivity contribution in [3.05, 3.63) is 81.3 Å². The largest absolute Gasteiger partial charge is 0.516 e. The minimum absolute atomic E-state index is 0.00200. The normalized spacial score (nSPS) is 17.4. The van der Waals surface area contributed by atoms with Gasteiger partial charge in [0.2, 0.25) is 0 Å². The van der Waals surface area contributed by atoms with Crippen molar-refractivity contribution >= 4 is 48.9 Å². The average Bonchev–Trinajstić information content (AvgIpc) is 3.27. The minimum Gasteiger partial charge on any atom is -0.493 e. The summed E-state index contributed by atoms with van der Waals surface area (Å²) in [5, 5.41) is 11.7. The van der Waals surface area contributed by atoms with Crippen LogP contribution in [-0.4, -0.2) is 30.6 Å². The Balaban J connectivity index is 1.30. The van der Waals surface area contributed by atoms with Gasteiger partial charge in [-0.1, -0.05) is 11.6 Å². The second kappa shape index (κ2) is 10.7. The molecule has 40 heavy (non-hydrogen) atoms. The predicted octanol–water partition coefficient (Wildman–Crippen LogP) is 6.35. The Bertz CT molecular complexity index is 1660. The maximum atomic E-state index is 13.5. The molecule has 0 saturated heterocycles. The predicted molar refractivity (Wildman–Crippen MR) is 138 cm³/mol. The van der Waals surface area contributed by atoms with E-state index in [1.807, 2.05) is 0 Å². The first kappa shape index (κ1) is 28.3. The number of ether oxygens (including phenoxy) is 2. The number of halogens is 6. The molecule has 2 N–H and O–H groups in total. The third-order valence-electron chi connectivity index (χ3n) is 6.12. The van der Waals surface area contributed by atoms with E-state index < -0.39 is 39.2 Å². The zero-order valence-electron chi connectivity index (χ0n) is 20.0. The topological polar surface area (TPSA) is 97.8 Å². The molecule has 2 atom stereocenters. The monoisotopic (exact) mass is 620 g/mol. The van der Waals surface area contributed by atoms with Crippen LogP contribution in [0.5, 0.6) is 11.5 Å². The molecule has 5 rings (SSSR count). The van der Waals surface area contributed by atoms with Crippen molar-refractivity contribution in [3.63, 3.8) is 0 Å². The summed E-state index contributed by atoms with van der Waals surface area (Å²) in [6.07, 6.45) is -1.02. The summed E-state index contributed by atoms with van der Waals surface area (Å²) < 4.78 is 102. The summed E-state index contributed by atoms with van der Waals surface area (Å²) in [6, 6.07) is 10.4. The highest BCUT2D eigenvalue weighted by Gasteiger charge is 2.46. The van der Waals surface area contributed by atoms with Gasteiger partial charge in [-0.05, 0) is 54.4 Å². The lowest BCUT2D eigenvalue weighted by Crippen LogP contribution is -2.30. The summed E-state index contributed by atoms with van der Waals surface area (Å²) in [7, 11) is -5.62. The van der Waals surface area contributed by atoms with Gasteiger partial charge in [0.15, 0.2) is 11.6 Å². The zero-order valence-corrected chi connectivity index (χ0v) is 22.4. The van der Waals surface area contributed by atoms with E-state index in [-0.39, 0.29) is 30.3 Å².